The average Bonchev–Trinajstić information content (AvgIpc) is 2.59. The van der Waals surface area contributed by atoms with Crippen molar-refractivity contribution in [3.05, 3.63) is 24.4 Å². The van der Waals surface area contributed by atoms with E-state index in [0.29, 0.717) is 11.0 Å². The van der Waals surface area contributed by atoms with Crippen LogP contribution in [0.1, 0.15) is 33.6 Å². The van der Waals surface area contributed by atoms with Crippen molar-refractivity contribution in [2.45, 2.75) is 44.9 Å². The van der Waals surface area contributed by atoms with Gasteiger partial charge in [-0.3, -0.25) is 0 Å². The van der Waals surface area contributed by atoms with Crippen molar-refractivity contribution < 1.29 is 23.8 Å². The van der Waals surface area contributed by atoms with Crippen LogP contribution in [0.15, 0.2) is 24.4 Å². The molecule has 0 aliphatic carbocycles. The maximum Gasteiger partial charge on any atom is 0.410 e. The summed E-state index contributed by atoms with van der Waals surface area (Å²) in [5.41, 5.74) is -1.04. The number of likely N-dealkylation sites (tertiary alicyclic amines) is 1. The molecular formula is C19H24FN3O4. The Hall–Kier alpha value is -2.64. The number of piperidine rings is 1. The van der Waals surface area contributed by atoms with Crippen molar-refractivity contribution in [3.63, 3.8) is 0 Å². The third-order valence-electron chi connectivity index (χ3n) is 4.29. The highest BCUT2D eigenvalue weighted by atomic mass is 19.1. The van der Waals surface area contributed by atoms with E-state index < -0.39 is 17.4 Å². The van der Waals surface area contributed by atoms with E-state index in [9.17, 15) is 9.90 Å². The van der Waals surface area contributed by atoms with Gasteiger partial charge in [0.25, 0.3) is 0 Å². The Balaban J connectivity index is 1.56. The van der Waals surface area contributed by atoms with E-state index in [1.165, 1.54) is 23.2 Å². The smallest absolute Gasteiger partial charge is 0.410 e. The van der Waals surface area contributed by atoms with Gasteiger partial charge in [0.05, 0.1) is 17.2 Å². The Morgan fingerprint density at radius 3 is 2.67 bits per heavy atom. The Labute approximate surface area is 157 Å². The number of hydrogen-bond acceptors (Lipinski definition) is 6. The first kappa shape index (κ1) is 19.1. The number of nitrogens with zero attached hydrogens (tertiary/aromatic N) is 3. The molecule has 0 spiro atoms. The summed E-state index contributed by atoms with van der Waals surface area (Å²) in [6.07, 6.45) is 1.33. The van der Waals surface area contributed by atoms with Crippen LogP contribution in [0.2, 0.25) is 0 Å². The molecule has 1 aromatic heterocycles. The number of fused-ring (bicyclic) bond motifs is 1. The molecule has 1 aromatic carbocycles. The number of rotatable bonds is 3. The van der Waals surface area contributed by atoms with Crippen LogP contribution in [-0.2, 0) is 4.74 Å². The Bertz CT molecular complexity index is 829. The Morgan fingerprint density at radius 2 is 2.00 bits per heavy atom. The van der Waals surface area contributed by atoms with Crippen molar-refractivity contribution in [1.29, 1.82) is 0 Å². The van der Waals surface area contributed by atoms with Crippen molar-refractivity contribution >= 4 is 17.1 Å². The average molecular weight is 377 g/mol. The van der Waals surface area contributed by atoms with E-state index in [1.54, 1.807) is 26.8 Å². The fourth-order valence-electron chi connectivity index (χ4n) is 2.82. The van der Waals surface area contributed by atoms with Crippen LogP contribution in [0.25, 0.3) is 11.0 Å². The topological polar surface area (TPSA) is 84.8 Å². The van der Waals surface area contributed by atoms with Crippen molar-refractivity contribution in [2.24, 2.45) is 0 Å². The minimum atomic E-state index is -1.55. The van der Waals surface area contributed by atoms with Gasteiger partial charge < -0.3 is 19.5 Å². The molecule has 1 fully saturated rings. The van der Waals surface area contributed by atoms with Gasteiger partial charge in [0.2, 0.25) is 5.88 Å². The zero-order chi connectivity index (χ0) is 19.7. The number of ether oxygens (including phenoxy) is 2. The second kappa shape index (κ2) is 7.17. The third-order valence-corrected chi connectivity index (χ3v) is 4.29. The number of phenols is 1. The zero-order valence-corrected chi connectivity index (χ0v) is 15.7. The number of halogens is 1. The monoisotopic (exact) mass is 377 g/mol. The van der Waals surface area contributed by atoms with Gasteiger partial charge in [0.1, 0.15) is 23.6 Å². The summed E-state index contributed by atoms with van der Waals surface area (Å²) >= 11 is 0. The molecule has 1 aliphatic rings. The highest BCUT2D eigenvalue weighted by Crippen LogP contribution is 2.28. The molecule has 0 saturated carbocycles. The standard InChI is InChI=1S/C19H24FN3O4/c1-18(2,3)27-17(25)23-8-6-19(20,7-9-23)12-26-16-11-21-14-5-4-13(24)10-15(14)22-16/h4-5,10-11,24H,6-9,12H2,1-3H3. The van der Waals surface area contributed by atoms with Gasteiger partial charge in [-0.2, -0.15) is 0 Å². The molecule has 8 heteroatoms. The second-order valence-corrected chi connectivity index (χ2v) is 7.79. The van der Waals surface area contributed by atoms with E-state index in [2.05, 4.69) is 9.97 Å². The van der Waals surface area contributed by atoms with Crippen LogP contribution in [0.4, 0.5) is 9.18 Å². The van der Waals surface area contributed by atoms with E-state index in [1.807, 2.05) is 0 Å². The number of hydrogen-bond donors (Lipinski definition) is 1. The summed E-state index contributed by atoms with van der Waals surface area (Å²) in [7, 11) is 0. The van der Waals surface area contributed by atoms with Gasteiger partial charge in [-0.25, -0.2) is 19.2 Å². The quantitative estimate of drug-likeness (QED) is 0.882. The predicted molar refractivity (Wildman–Crippen MR) is 97.6 cm³/mol. The molecule has 7 nitrogen and oxygen atoms in total. The number of benzene rings is 1. The first-order chi connectivity index (χ1) is 12.6. The fourth-order valence-corrected chi connectivity index (χ4v) is 2.82. The zero-order valence-electron chi connectivity index (χ0n) is 15.7. The van der Waals surface area contributed by atoms with E-state index >= 15 is 4.39 Å². The first-order valence-corrected chi connectivity index (χ1v) is 8.89. The molecule has 1 N–H and O–H groups in total. The molecule has 27 heavy (non-hydrogen) atoms. The first-order valence-electron chi connectivity index (χ1n) is 8.89. The molecule has 0 radical (unpaired) electrons. The minimum absolute atomic E-state index is 0.0745. The summed E-state index contributed by atoms with van der Waals surface area (Å²) in [5.74, 6) is 0.269. The lowest BCUT2D eigenvalue weighted by molar-refractivity contribution is -0.00970. The van der Waals surface area contributed by atoms with E-state index in [-0.39, 0.29) is 44.2 Å². The third kappa shape index (κ3) is 4.96. The lowest BCUT2D eigenvalue weighted by Gasteiger charge is -2.36. The highest BCUT2D eigenvalue weighted by Gasteiger charge is 2.38. The van der Waals surface area contributed by atoms with Crippen molar-refractivity contribution in [1.82, 2.24) is 14.9 Å². The molecule has 146 valence electrons. The van der Waals surface area contributed by atoms with Gasteiger partial charge in [-0.15, -0.1) is 0 Å². The molecule has 0 unspecified atom stereocenters. The Morgan fingerprint density at radius 1 is 1.30 bits per heavy atom. The van der Waals surface area contributed by atoms with Gasteiger partial charge >= 0.3 is 6.09 Å². The summed E-state index contributed by atoms with van der Waals surface area (Å²) in [4.78, 5) is 22.0. The molecule has 1 saturated heterocycles. The van der Waals surface area contributed by atoms with Crippen LogP contribution in [-0.4, -0.2) is 57.0 Å². The summed E-state index contributed by atoms with van der Waals surface area (Å²) in [6.45, 7) is 5.76. The molecule has 1 amide bonds. The van der Waals surface area contributed by atoms with Crippen LogP contribution in [0, 0.1) is 0 Å². The largest absolute Gasteiger partial charge is 0.508 e. The highest BCUT2D eigenvalue weighted by molar-refractivity contribution is 5.75. The maximum absolute atomic E-state index is 15.0. The lowest BCUT2D eigenvalue weighted by atomic mass is 9.94. The summed E-state index contributed by atoms with van der Waals surface area (Å²) in [5, 5.41) is 9.53. The van der Waals surface area contributed by atoms with Crippen LogP contribution in [0.3, 0.4) is 0 Å². The number of carbonyl (C=O) groups is 1. The normalized spacial score (nSPS) is 17.0. The van der Waals surface area contributed by atoms with Gasteiger partial charge in [0.15, 0.2) is 0 Å². The van der Waals surface area contributed by atoms with E-state index in [4.69, 9.17) is 9.47 Å². The summed E-state index contributed by atoms with van der Waals surface area (Å²) < 4.78 is 25.8. The molecule has 0 atom stereocenters. The van der Waals surface area contributed by atoms with Crippen LogP contribution < -0.4 is 4.74 Å². The van der Waals surface area contributed by atoms with Gasteiger partial charge in [0, 0.05) is 32.0 Å². The van der Waals surface area contributed by atoms with Crippen LogP contribution in [0.5, 0.6) is 11.6 Å². The number of carbonyl (C=O) groups excluding carboxylic acids is 1. The Kier molecular flexibility index (Phi) is 5.08. The maximum atomic E-state index is 15.0. The number of aromatic hydroxyl groups is 1. The number of alkyl halides is 1. The van der Waals surface area contributed by atoms with Crippen molar-refractivity contribution in [2.75, 3.05) is 19.7 Å². The fraction of sp³-hybridized carbons (Fsp3) is 0.526. The van der Waals surface area contributed by atoms with Crippen LogP contribution >= 0.6 is 0 Å². The van der Waals surface area contributed by atoms with E-state index in [0.717, 1.165) is 0 Å². The van der Waals surface area contributed by atoms with Gasteiger partial charge in [-0.05, 0) is 32.9 Å². The molecule has 2 heterocycles. The number of aromatic nitrogens is 2. The SMILES string of the molecule is CC(C)(C)OC(=O)N1CCC(F)(COc2cnc3ccc(O)cc3n2)CC1. The molecule has 3 rings (SSSR count). The lowest BCUT2D eigenvalue weighted by Crippen LogP contribution is -2.48. The van der Waals surface area contributed by atoms with Crippen molar-refractivity contribution in [3.8, 4) is 11.6 Å². The molecule has 1 aliphatic heterocycles. The molecule has 2 aromatic rings. The number of amides is 1. The predicted octanol–water partition coefficient (Wildman–Crippen LogP) is 3.45. The number of phenolic OH excluding ortho intramolecular Hbond substituents is 1. The molecule has 0 bridgehead atoms. The summed E-state index contributed by atoms with van der Waals surface area (Å²) in [6, 6.07) is 4.64. The van der Waals surface area contributed by atoms with Gasteiger partial charge in [-0.1, -0.05) is 0 Å². The molecular weight excluding hydrogens is 353 g/mol. The minimum Gasteiger partial charge on any atom is -0.508 e. The second-order valence-electron chi connectivity index (χ2n) is 7.79.